The van der Waals surface area contributed by atoms with E-state index in [9.17, 15) is 9.59 Å². The van der Waals surface area contributed by atoms with Crippen LogP contribution >= 0.6 is 11.6 Å². The highest BCUT2D eigenvalue weighted by Gasteiger charge is 2.15. The molecule has 0 aliphatic heterocycles. The number of ether oxygens (including phenoxy) is 1. The molecule has 0 aliphatic rings. The van der Waals surface area contributed by atoms with Gasteiger partial charge in [0.1, 0.15) is 5.15 Å². The molecule has 0 atom stereocenters. The third kappa shape index (κ3) is 3.20. The highest BCUT2D eigenvalue weighted by Crippen LogP contribution is 2.16. The first-order valence-corrected chi connectivity index (χ1v) is 5.88. The average molecular weight is 261 g/mol. The summed E-state index contributed by atoms with van der Waals surface area (Å²) in [4.78, 5) is 26.2. The van der Waals surface area contributed by atoms with Crippen LogP contribution in [-0.2, 0) is 11.3 Å². The molecule has 0 unspecified atom stereocenters. The van der Waals surface area contributed by atoms with Crippen molar-refractivity contribution in [3.8, 4) is 0 Å². The Morgan fingerprint density at radius 3 is 2.59 bits per heavy atom. The Hall–Kier alpha value is -1.07. The molecule has 0 saturated heterocycles. The minimum atomic E-state index is -0.472. The Morgan fingerprint density at radius 1 is 1.41 bits per heavy atom. The van der Waals surface area contributed by atoms with Crippen LogP contribution in [0.1, 0.15) is 31.7 Å². The summed E-state index contributed by atoms with van der Waals surface area (Å²) in [6, 6.07) is 0. The fourth-order valence-electron chi connectivity index (χ4n) is 1.63. The topological polar surface area (TPSA) is 64.1 Å². The molecule has 0 amide bonds. The molecule has 1 aromatic rings. The third-order valence-electron chi connectivity index (χ3n) is 2.48. The van der Waals surface area contributed by atoms with Crippen LogP contribution in [0, 0.1) is 0 Å². The number of nitrogens with zero attached hydrogens (tertiary/aromatic N) is 1. The van der Waals surface area contributed by atoms with Crippen LogP contribution in [0.25, 0.3) is 0 Å². The number of rotatable bonds is 5. The van der Waals surface area contributed by atoms with Crippen LogP contribution < -0.4 is 11.2 Å². The first-order valence-electron chi connectivity index (χ1n) is 5.50. The standard InChI is InChI=1S/C11H17ClN2O3/c1-7(2)8-9(12)13-11(16)14(10(8)15)5-4-6-17-3/h7H,4-6H2,1-3H3,(H,13,16). The van der Waals surface area contributed by atoms with E-state index in [-0.39, 0.29) is 16.6 Å². The lowest BCUT2D eigenvalue weighted by atomic mass is 10.1. The molecule has 1 rings (SSSR count). The van der Waals surface area contributed by atoms with E-state index < -0.39 is 5.69 Å². The normalized spacial score (nSPS) is 11.1. The summed E-state index contributed by atoms with van der Waals surface area (Å²) >= 11 is 5.87. The Balaban J connectivity index is 3.17. The molecule has 0 spiro atoms. The summed E-state index contributed by atoms with van der Waals surface area (Å²) in [6.45, 7) is 4.56. The predicted octanol–water partition coefficient (Wildman–Crippen LogP) is 1.35. The van der Waals surface area contributed by atoms with Gasteiger partial charge in [0.25, 0.3) is 5.56 Å². The lowest BCUT2D eigenvalue weighted by Crippen LogP contribution is -2.38. The average Bonchev–Trinajstić information content (AvgIpc) is 2.21. The molecule has 17 heavy (non-hydrogen) atoms. The van der Waals surface area contributed by atoms with E-state index in [0.717, 1.165) is 0 Å². The van der Waals surface area contributed by atoms with Gasteiger partial charge in [0, 0.05) is 20.3 Å². The minimum absolute atomic E-state index is 0.0273. The van der Waals surface area contributed by atoms with Gasteiger partial charge in [-0.3, -0.25) is 14.3 Å². The van der Waals surface area contributed by atoms with Crippen molar-refractivity contribution in [2.45, 2.75) is 32.7 Å². The number of methoxy groups -OCH3 is 1. The van der Waals surface area contributed by atoms with E-state index in [1.54, 1.807) is 7.11 Å². The zero-order valence-corrected chi connectivity index (χ0v) is 11.0. The van der Waals surface area contributed by atoms with Crippen molar-refractivity contribution in [3.05, 3.63) is 31.6 Å². The summed E-state index contributed by atoms with van der Waals surface area (Å²) in [7, 11) is 1.58. The predicted molar refractivity (Wildman–Crippen MR) is 66.9 cm³/mol. The maximum atomic E-state index is 12.1. The molecule has 0 fully saturated rings. The van der Waals surface area contributed by atoms with Crippen molar-refractivity contribution in [2.75, 3.05) is 13.7 Å². The van der Waals surface area contributed by atoms with E-state index in [1.165, 1.54) is 4.57 Å². The van der Waals surface area contributed by atoms with Gasteiger partial charge in [0.2, 0.25) is 0 Å². The first kappa shape index (κ1) is 14.0. The Morgan fingerprint density at radius 2 is 2.06 bits per heavy atom. The van der Waals surface area contributed by atoms with Crippen LogP contribution in [0.15, 0.2) is 9.59 Å². The van der Waals surface area contributed by atoms with E-state index in [4.69, 9.17) is 16.3 Å². The number of aromatic amines is 1. The van der Waals surface area contributed by atoms with Crippen molar-refractivity contribution in [3.63, 3.8) is 0 Å². The van der Waals surface area contributed by atoms with Crippen molar-refractivity contribution in [1.82, 2.24) is 9.55 Å². The Kier molecular flexibility index (Phi) is 4.96. The third-order valence-corrected chi connectivity index (χ3v) is 2.78. The molecule has 0 aliphatic carbocycles. The molecule has 0 saturated carbocycles. The quantitative estimate of drug-likeness (QED) is 0.642. The van der Waals surface area contributed by atoms with Crippen molar-refractivity contribution < 1.29 is 4.74 Å². The molecule has 1 N–H and O–H groups in total. The molecule has 1 aromatic heterocycles. The molecule has 96 valence electrons. The lowest BCUT2D eigenvalue weighted by molar-refractivity contribution is 0.189. The van der Waals surface area contributed by atoms with E-state index >= 15 is 0 Å². The molecule has 0 aromatic carbocycles. The fourth-order valence-corrected chi connectivity index (χ4v) is 2.01. The molecule has 0 bridgehead atoms. The van der Waals surface area contributed by atoms with Gasteiger partial charge in [-0.1, -0.05) is 25.4 Å². The first-order chi connectivity index (χ1) is 7.99. The van der Waals surface area contributed by atoms with Crippen LogP contribution in [-0.4, -0.2) is 23.3 Å². The maximum Gasteiger partial charge on any atom is 0.329 e. The van der Waals surface area contributed by atoms with E-state index in [0.29, 0.717) is 25.1 Å². The molecule has 5 nitrogen and oxygen atoms in total. The second-order valence-electron chi connectivity index (χ2n) is 4.12. The number of H-pyrrole nitrogens is 1. The smallest absolute Gasteiger partial charge is 0.329 e. The second-order valence-corrected chi connectivity index (χ2v) is 4.49. The minimum Gasteiger partial charge on any atom is -0.385 e. The monoisotopic (exact) mass is 260 g/mol. The van der Waals surface area contributed by atoms with Gasteiger partial charge in [-0.2, -0.15) is 0 Å². The van der Waals surface area contributed by atoms with Crippen LogP contribution in [0.4, 0.5) is 0 Å². The molecular weight excluding hydrogens is 244 g/mol. The van der Waals surface area contributed by atoms with Crippen LogP contribution in [0.5, 0.6) is 0 Å². The number of aromatic nitrogens is 2. The summed E-state index contributed by atoms with van der Waals surface area (Å²) in [6.07, 6.45) is 0.610. The number of nitrogens with one attached hydrogen (secondary N) is 1. The van der Waals surface area contributed by atoms with Crippen LogP contribution in [0.2, 0.25) is 5.15 Å². The van der Waals surface area contributed by atoms with Crippen molar-refractivity contribution in [2.24, 2.45) is 0 Å². The van der Waals surface area contributed by atoms with Gasteiger partial charge >= 0.3 is 5.69 Å². The molecule has 0 radical (unpaired) electrons. The largest absolute Gasteiger partial charge is 0.385 e. The Labute approximate surface area is 104 Å². The fraction of sp³-hybridized carbons (Fsp3) is 0.636. The van der Waals surface area contributed by atoms with E-state index in [2.05, 4.69) is 4.98 Å². The summed E-state index contributed by atoms with van der Waals surface area (Å²) in [5.41, 5.74) is -0.339. The Bertz CT molecular complexity index is 490. The van der Waals surface area contributed by atoms with Gasteiger partial charge in [-0.05, 0) is 12.3 Å². The molecular formula is C11H17ClN2O3. The van der Waals surface area contributed by atoms with Gasteiger partial charge in [-0.15, -0.1) is 0 Å². The SMILES string of the molecule is COCCCn1c(=O)[nH]c(Cl)c(C(C)C)c1=O. The van der Waals surface area contributed by atoms with Gasteiger partial charge in [0.15, 0.2) is 0 Å². The van der Waals surface area contributed by atoms with Crippen LogP contribution in [0.3, 0.4) is 0 Å². The molecule has 1 heterocycles. The zero-order valence-electron chi connectivity index (χ0n) is 10.2. The number of hydrogen-bond acceptors (Lipinski definition) is 3. The van der Waals surface area contributed by atoms with Gasteiger partial charge in [0.05, 0.1) is 5.56 Å². The second kappa shape index (κ2) is 6.02. The maximum absolute atomic E-state index is 12.1. The van der Waals surface area contributed by atoms with E-state index in [1.807, 2.05) is 13.8 Å². The molecule has 6 heteroatoms. The lowest BCUT2D eigenvalue weighted by Gasteiger charge is -2.10. The number of halogens is 1. The van der Waals surface area contributed by atoms with Gasteiger partial charge in [-0.25, -0.2) is 4.79 Å². The summed E-state index contributed by atoms with van der Waals surface area (Å²) < 4.78 is 6.06. The van der Waals surface area contributed by atoms with Crippen molar-refractivity contribution in [1.29, 1.82) is 0 Å². The number of hydrogen-bond donors (Lipinski definition) is 1. The summed E-state index contributed by atoms with van der Waals surface area (Å²) in [5.74, 6) is -0.0273. The van der Waals surface area contributed by atoms with Gasteiger partial charge < -0.3 is 4.74 Å². The highest BCUT2D eigenvalue weighted by molar-refractivity contribution is 6.30. The zero-order chi connectivity index (χ0) is 13.0. The highest BCUT2D eigenvalue weighted by atomic mass is 35.5. The summed E-state index contributed by atoms with van der Waals surface area (Å²) in [5, 5.41) is 0.137. The van der Waals surface area contributed by atoms with Crippen molar-refractivity contribution >= 4 is 11.6 Å².